The minimum Gasteiger partial charge on any atom is -0.508 e. The number of benzene rings is 2. The number of carbonyl (C=O) groups excluding carboxylic acids is 1. The third-order valence-corrected chi connectivity index (χ3v) is 3.33. The molecule has 18 heavy (non-hydrogen) atoms. The summed E-state index contributed by atoms with van der Waals surface area (Å²) in [6, 6.07) is 14.8. The lowest BCUT2D eigenvalue weighted by atomic mass is 9.93. The lowest BCUT2D eigenvalue weighted by Gasteiger charge is -2.10. The molecule has 0 saturated heterocycles. The van der Waals surface area contributed by atoms with E-state index in [4.69, 9.17) is 0 Å². The zero-order chi connectivity index (χ0) is 12.5. The molecule has 3 heteroatoms. The molecule has 2 aromatic rings. The topological polar surface area (TPSA) is 49.3 Å². The zero-order valence-electron chi connectivity index (χ0n) is 9.76. The van der Waals surface area contributed by atoms with Crippen LogP contribution in [0.4, 0.5) is 5.69 Å². The van der Waals surface area contributed by atoms with Crippen molar-refractivity contribution in [2.24, 2.45) is 0 Å². The number of para-hydroxylation sites is 2. The maximum atomic E-state index is 12.0. The quantitative estimate of drug-likeness (QED) is 0.846. The molecule has 0 unspecified atom stereocenters. The molecule has 3 nitrogen and oxygen atoms in total. The highest BCUT2D eigenvalue weighted by Gasteiger charge is 2.30. The number of phenols is 1. The van der Waals surface area contributed by atoms with Gasteiger partial charge in [0.05, 0.1) is 5.92 Å². The lowest BCUT2D eigenvalue weighted by molar-refractivity contribution is -0.117. The second kappa shape index (κ2) is 4.18. The maximum absolute atomic E-state index is 12.0. The van der Waals surface area contributed by atoms with Crippen LogP contribution in [-0.2, 0) is 11.2 Å². The van der Waals surface area contributed by atoms with Crippen LogP contribution in [0.5, 0.6) is 5.75 Å². The molecule has 0 spiro atoms. The summed E-state index contributed by atoms with van der Waals surface area (Å²) in [7, 11) is 0. The number of phenolic OH excluding ortho intramolecular Hbond substituents is 1. The maximum Gasteiger partial charge on any atom is 0.232 e. The van der Waals surface area contributed by atoms with Crippen molar-refractivity contribution in [2.75, 3.05) is 5.32 Å². The van der Waals surface area contributed by atoms with E-state index >= 15 is 0 Å². The molecular formula is C15H13NO2. The smallest absolute Gasteiger partial charge is 0.232 e. The van der Waals surface area contributed by atoms with Crippen LogP contribution in [0.1, 0.15) is 17.0 Å². The van der Waals surface area contributed by atoms with E-state index in [1.54, 1.807) is 12.1 Å². The van der Waals surface area contributed by atoms with E-state index in [2.05, 4.69) is 5.32 Å². The Bertz CT molecular complexity index is 607. The van der Waals surface area contributed by atoms with Gasteiger partial charge in [-0.3, -0.25) is 4.79 Å². The van der Waals surface area contributed by atoms with E-state index in [1.807, 2.05) is 36.4 Å². The SMILES string of the molecule is O=C1Nc2ccccc2[C@@H]1Cc1ccccc1O. The Hall–Kier alpha value is -2.29. The van der Waals surface area contributed by atoms with Gasteiger partial charge in [0, 0.05) is 5.69 Å². The van der Waals surface area contributed by atoms with E-state index in [1.165, 1.54) is 0 Å². The van der Waals surface area contributed by atoms with E-state index in [-0.39, 0.29) is 17.6 Å². The lowest BCUT2D eigenvalue weighted by Crippen LogP contribution is -2.14. The van der Waals surface area contributed by atoms with Crippen LogP contribution >= 0.6 is 0 Å². The Morgan fingerprint density at radius 2 is 1.78 bits per heavy atom. The summed E-state index contributed by atoms with van der Waals surface area (Å²) in [5.41, 5.74) is 2.68. The molecule has 0 fully saturated rings. The van der Waals surface area contributed by atoms with Crippen LogP contribution in [0.15, 0.2) is 48.5 Å². The molecule has 1 amide bonds. The summed E-state index contributed by atoms with van der Waals surface area (Å²) in [6.45, 7) is 0. The van der Waals surface area contributed by atoms with Crippen LogP contribution < -0.4 is 5.32 Å². The first-order valence-corrected chi connectivity index (χ1v) is 5.92. The van der Waals surface area contributed by atoms with Crippen LogP contribution in [0.3, 0.4) is 0 Å². The van der Waals surface area contributed by atoms with Crippen molar-refractivity contribution in [1.82, 2.24) is 0 Å². The molecular weight excluding hydrogens is 226 g/mol. The van der Waals surface area contributed by atoms with Crippen molar-refractivity contribution in [1.29, 1.82) is 0 Å². The fourth-order valence-corrected chi connectivity index (χ4v) is 2.38. The molecule has 0 aliphatic carbocycles. The average Bonchev–Trinajstić information content (AvgIpc) is 2.69. The summed E-state index contributed by atoms with van der Waals surface area (Å²) in [5, 5.41) is 12.6. The fourth-order valence-electron chi connectivity index (χ4n) is 2.38. The van der Waals surface area contributed by atoms with Crippen molar-refractivity contribution >= 4 is 11.6 Å². The second-order valence-corrected chi connectivity index (χ2v) is 4.46. The van der Waals surface area contributed by atoms with Gasteiger partial charge in [-0.15, -0.1) is 0 Å². The van der Waals surface area contributed by atoms with E-state index in [9.17, 15) is 9.90 Å². The van der Waals surface area contributed by atoms with Gasteiger partial charge in [0.15, 0.2) is 0 Å². The van der Waals surface area contributed by atoms with E-state index in [0.717, 1.165) is 16.8 Å². The average molecular weight is 239 g/mol. The largest absolute Gasteiger partial charge is 0.508 e. The molecule has 2 N–H and O–H groups in total. The van der Waals surface area contributed by atoms with Crippen LogP contribution in [0, 0.1) is 0 Å². The minimum atomic E-state index is -0.213. The highest BCUT2D eigenvalue weighted by atomic mass is 16.3. The van der Waals surface area contributed by atoms with Gasteiger partial charge in [-0.2, -0.15) is 0 Å². The Kier molecular flexibility index (Phi) is 2.52. The number of amides is 1. The Morgan fingerprint density at radius 3 is 2.61 bits per heavy atom. The molecule has 2 aromatic carbocycles. The number of hydrogen-bond donors (Lipinski definition) is 2. The number of nitrogens with one attached hydrogen (secondary N) is 1. The van der Waals surface area contributed by atoms with Gasteiger partial charge in [0.2, 0.25) is 5.91 Å². The molecule has 90 valence electrons. The number of carbonyl (C=O) groups is 1. The summed E-state index contributed by atoms with van der Waals surface area (Å²) < 4.78 is 0. The third kappa shape index (κ3) is 1.74. The van der Waals surface area contributed by atoms with E-state index < -0.39 is 0 Å². The number of rotatable bonds is 2. The predicted octanol–water partition coefficient (Wildman–Crippen LogP) is 2.67. The Balaban J connectivity index is 1.94. The van der Waals surface area contributed by atoms with Gasteiger partial charge < -0.3 is 10.4 Å². The zero-order valence-corrected chi connectivity index (χ0v) is 9.76. The van der Waals surface area contributed by atoms with Crippen LogP contribution in [0.25, 0.3) is 0 Å². The summed E-state index contributed by atoms with van der Waals surface area (Å²) in [5.74, 6) is 0.0311. The number of hydrogen-bond acceptors (Lipinski definition) is 2. The van der Waals surface area contributed by atoms with E-state index in [0.29, 0.717) is 6.42 Å². The first kappa shape index (κ1) is 10.8. The Labute approximate surface area is 105 Å². The molecule has 1 aliphatic rings. The van der Waals surface area contributed by atoms with Crippen molar-refractivity contribution in [3.05, 3.63) is 59.7 Å². The minimum absolute atomic E-state index is 0.000506. The molecule has 0 radical (unpaired) electrons. The summed E-state index contributed by atoms with van der Waals surface area (Å²) in [4.78, 5) is 12.0. The Morgan fingerprint density at radius 1 is 1.06 bits per heavy atom. The predicted molar refractivity (Wildman–Crippen MR) is 69.6 cm³/mol. The van der Waals surface area contributed by atoms with Crippen molar-refractivity contribution in [3.63, 3.8) is 0 Å². The molecule has 1 heterocycles. The molecule has 1 atom stereocenters. The number of aromatic hydroxyl groups is 1. The van der Waals surface area contributed by atoms with Gasteiger partial charge in [0.25, 0.3) is 0 Å². The molecule has 1 aliphatic heterocycles. The van der Waals surface area contributed by atoms with Gasteiger partial charge in [-0.25, -0.2) is 0 Å². The molecule has 0 aromatic heterocycles. The standard InChI is InChI=1S/C15H13NO2/c17-14-8-4-1-5-10(14)9-12-11-6-2-3-7-13(11)16-15(12)18/h1-8,12,17H,9H2,(H,16,18)/t12-/m0/s1. The molecule has 0 saturated carbocycles. The first-order valence-electron chi connectivity index (χ1n) is 5.92. The number of fused-ring (bicyclic) bond motifs is 1. The monoisotopic (exact) mass is 239 g/mol. The van der Waals surface area contributed by atoms with Crippen molar-refractivity contribution in [3.8, 4) is 5.75 Å². The third-order valence-electron chi connectivity index (χ3n) is 3.33. The number of anilines is 1. The van der Waals surface area contributed by atoms with Crippen LogP contribution in [0.2, 0.25) is 0 Å². The summed E-state index contributed by atoms with van der Waals surface area (Å²) in [6.07, 6.45) is 0.523. The van der Waals surface area contributed by atoms with Gasteiger partial charge in [-0.1, -0.05) is 36.4 Å². The highest BCUT2D eigenvalue weighted by Crippen LogP contribution is 2.35. The van der Waals surface area contributed by atoms with Gasteiger partial charge in [0.1, 0.15) is 5.75 Å². The van der Waals surface area contributed by atoms with Crippen molar-refractivity contribution < 1.29 is 9.90 Å². The molecule has 0 bridgehead atoms. The summed E-state index contributed by atoms with van der Waals surface area (Å²) >= 11 is 0. The first-order chi connectivity index (χ1) is 8.75. The van der Waals surface area contributed by atoms with Gasteiger partial charge in [-0.05, 0) is 29.7 Å². The normalized spacial score (nSPS) is 17.3. The fraction of sp³-hybridized carbons (Fsp3) is 0.133. The second-order valence-electron chi connectivity index (χ2n) is 4.46. The van der Waals surface area contributed by atoms with Gasteiger partial charge >= 0.3 is 0 Å². The highest BCUT2D eigenvalue weighted by molar-refractivity contribution is 6.03. The van der Waals surface area contributed by atoms with Crippen LogP contribution in [-0.4, -0.2) is 11.0 Å². The van der Waals surface area contributed by atoms with Crippen molar-refractivity contribution in [2.45, 2.75) is 12.3 Å². The molecule has 3 rings (SSSR count).